The first-order valence-corrected chi connectivity index (χ1v) is 14.7. The fourth-order valence-corrected chi connectivity index (χ4v) is 6.14. The molecule has 0 aromatic carbocycles. The summed E-state index contributed by atoms with van der Waals surface area (Å²) in [6.07, 6.45) is 9.89. The number of aldehydes is 1. The fourth-order valence-electron chi connectivity index (χ4n) is 4.31. The molecule has 0 atom stereocenters. The van der Waals surface area contributed by atoms with Crippen LogP contribution >= 0.6 is 23.7 Å². The molecule has 11 heteroatoms. The SMILES string of the molecule is CC(C)C=O.CN1CCC(c2cc(SNC3(CF)CC3)cn3c(C(=N)SC(=N)C4(C#N)CC4)ncc23)CC1. The topological polar surface area (TPSA) is 121 Å². The summed E-state index contributed by atoms with van der Waals surface area (Å²) in [6.45, 7) is 5.42. The number of carbonyl (C=O) groups is 1. The number of rotatable bonds is 8. The minimum absolute atomic E-state index is 0.174. The first kappa shape index (κ1) is 28.7. The molecule has 2 aromatic rings. The maximum atomic E-state index is 13.4. The number of nitrogens with one attached hydrogen (secondary N) is 3. The van der Waals surface area contributed by atoms with Crippen LogP contribution in [0.4, 0.5) is 4.39 Å². The van der Waals surface area contributed by atoms with Gasteiger partial charge in [0.05, 0.1) is 28.4 Å². The van der Waals surface area contributed by atoms with E-state index in [0.29, 0.717) is 24.6 Å². The molecule has 8 nitrogen and oxygen atoms in total. The molecule has 3 heterocycles. The van der Waals surface area contributed by atoms with Gasteiger partial charge in [0, 0.05) is 17.0 Å². The number of hydrogen-bond acceptors (Lipinski definition) is 9. The van der Waals surface area contributed by atoms with Gasteiger partial charge in [0.25, 0.3) is 0 Å². The molecule has 2 saturated carbocycles. The summed E-state index contributed by atoms with van der Waals surface area (Å²) in [7, 11) is 2.15. The number of thioether (sulfide) groups is 1. The minimum atomic E-state index is -0.709. The van der Waals surface area contributed by atoms with E-state index in [1.165, 1.54) is 17.5 Å². The molecule has 0 unspecified atom stereocenters. The molecule has 204 valence electrons. The number of piperidine rings is 1. The number of halogens is 1. The largest absolute Gasteiger partial charge is 0.306 e. The molecular weight excluding hydrogens is 521 g/mol. The van der Waals surface area contributed by atoms with Crippen molar-refractivity contribution in [3.63, 3.8) is 0 Å². The fraction of sp³-hybridized carbons (Fsp3) is 0.593. The van der Waals surface area contributed by atoms with Crippen molar-refractivity contribution >= 4 is 45.6 Å². The van der Waals surface area contributed by atoms with Crippen LogP contribution in [-0.4, -0.2) is 63.0 Å². The normalized spacial score (nSPS) is 19.9. The summed E-state index contributed by atoms with van der Waals surface area (Å²) in [6, 6.07) is 4.42. The Morgan fingerprint density at radius 1 is 1.32 bits per heavy atom. The van der Waals surface area contributed by atoms with E-state index in [1.807, 2.05) is 30.6 Å². The molecule has 1 aliphatic heterocycles. The highest BCUT2D eigenvalue weighted by Gasteiger charge is 2.48. The second-order valence-corrected chi connectivity index (χ2v) is 12.9. The van der Waals surface area contributed by atoms with Crippen LogP contribution in [-0.2, 0) is 4.79 Å². The molecule has 2 aromatic heterocycles. The molecule has 0 spiro atoms. The Kier molecular flexibility index (Phi) is 8.97. The molecule has 0 radical (unpaired) electrons. The third-order valence-corrected chi connectivity index (χ3v) is 9.35. The Labute approximate surface area is 232 Å². The van der Waals surface area contributed by atoms with Crippen LogP contribution in [0.25, 0.3) is 5.52 Å². The summed E-state index contributed by atoms with van der Waals surface area (Å²) in [5, 5.41) is 26.8. The smallest absolute Gasteiger partial charge is 0.169 e. The van der Waals surface area contributed by atoms with Crippen molar-refractivity contribution in [3.05, 3.63) is 29.8 Å². The molecule has 38 heavy (non-hydrogen) atoms. The van der Waals surface area contributed by atoms with Gasteiger partial charge in [-0.2, -0.15) is 5.26 Å². The van der Waals surface area contributed by atoms with Crippen molar-refractivity contribution < 1.29 is 9.18 Å². The van der Waals surface area contributed by atoms with E-state index in [0.717, 1.165) is 67.2 Å². The van der Waals surface area contributed by atoms with Gasteiger partial charge >= 0.3 is 0 Å². The number of nitrogens with zero attached hydrogens (tertiary/aromatic N) is 4. The van der Waals surface area contributed by atoms with Crippen LogP contribution in [0.2, 0.25) is 0 Å². The molecule has 0 amide bonds. The van der Waals surface area contributed by atoms with E-state index in [2.05, 4.69) is 33.8 Å². The van der Waals surface area contributed by atoms with Crippen molar-refractivity contribution in [2.75, 3.05) is 26.8 Å². The minimum Gasteiger partial charge on any atom is -0.306 e. The van der Waals surface area contributed by atoms with E-state index in [9.17, 15) is 14.4 Å². The summed E-state index contributed by atoms with van der Waals surface area (Å²) in [5.74, 6) is 1.09. The quantitative estimate of drug-likeness (QED) is 0.171. The van der Waals surface area contributed by atoms with E-state index >= 15 is 0 Å². The Balaban J connectivity index is 0.000000617. The molecule has 3 fully saturated rings. The van der Waals surface area contributed by atoms with E-state index < -0.39 is 11.0 Å². The lowest BCUT2D eigenvalue weighted by atomic mass is 9.89. The number of fused-ring (bicyclic) bond motifs is 1. The Bertz CT molecular complexity index is 1240. The van der Waals surface area contributed by atoms with Gasteiger partial charge in [-0.25, -0.2) is 9.37 Å². The molecular formula is C27H36FN7OS2. The first-order chi connectivity index (χ1) is 18.2. The lowest BCUT2D eigenvalue weighted by Gasteiger charge is -2.30. The third-order valence-electron chi connectivity index (χ3n) is 7.38. The molecule has 2 aliphatic carbocycles. The monoisotopic (exact) mass is 557 g/mol. The summed E-state index contributed by atoms with van der Waals surface area (Å²) < 4.78 is 18.7. The number of imidazole rings is 1. The predicted molar refractivity (Wildman–Crippen MR) is 152 cm³/mol. The number of carbonyl (C=O) groups excluding carboxylic acids is 1. The van der Waals surface area contributed by atoms with Crippen LogP contribution in [0.3, 0.4) is 0 Å². The molecule has 3 aliphatic rings. The highest BCUT2D eigenvalue weighted by Crippen LogP contribution is 2.49. The van der Waals surface area contributed by atoms with Crippen LogP contribution < -0.4 is 4.72 Å². The van der Waals surface area contributed by atoms with Crippen molar-refractivity contribution in [2.24, 2.45) is 11.3 Å². The lowest BCUT2D eigenvalue weighted by molar-refractivity contribution is -0.110. The van der Waals surface area contributed by atoms with Gasteiger partial charge in [-0.05, 0) is 88.2 Å². The number of aromatic nitrogens is 2. The van der Waals surface area contributed by atoms with Gasteiger partial charge in [0.1, 0.15) is 23.4 Å². The first-order valence-electron chi connectivity index (χ1n) is 13.1. The van der Waals surface area contributed by atoms with Gasteiger partial charge in [0.15, 0.2) is 5.82 Å². The van der Waals surface area contributed by atoms with Crippen LogP contribution in [0, 0.1) is 33.5 Å². The zero-order valence-electron chi connectivity index (χ0n) is 22.2. The van der Waals surface area contributed by atoms with Crippen molar-refractivity contribution in [3.8, 4) is 6.07 Å². The van der Waals surface area contributed by atoms with Gasteiger partial charge < -0.3 is 9.69 Å². The number of alkyl halides is 1. The highest BCUT2D eigenvalue weighted by atomic mass is 32.2. The number of hydrogen-bond donors (Lipinski definition) is 3. The third kappa shape index (κ3) is 6.47. The Morgan fingerprint density at radius 2 is 1.97 bits per heavy atom. The average Bonchev–Trinajstić information content (AvgIpc) is 3.84. The summed E-state index contributed by atoms with van der Waals surface area (Å²) in [4.78, 5) is 17.4. The van der Waals surface area contributed by atoms with Gasteiger partial charge in [-0.1, -0.05) is 25.6 Å². The number of likely N-dealkylation sites (tertiary alicyclic amines) is 1. The summed E-state index contributed by atoms with van der Waals surface area (Å²) in [5.41, 5.74) is 1.08. The van der Waals surface area contributed by atoms with Crippen molar-refractivity contribution in [1.29, 1.82) is 16.1 Å². The van der Waals surface area contributed by atoms with E-state index in [1.54, 1.807) is 0 Å². The molecule has 1 saturated heterocycles. The van der Waals surface area contributed by atoms with Gasteiger partial charge in [0.2, 0.25) is 0 Å². The lowest BCUT2D eigenvalue weighted by Crippen LogP contribution is -2.29. The Hall–Kier alpha value is -2.26. The number of nitriles is 1. The van der Waals surface area contributed by atoms with E-state index in [-0.39, 0.29) is 22.7 Å². The molecule has 3 N–H and O–H groups in total. The average molecular weight is 558 g/mol. The van der Waals surface area contributed by atoms with Gasteiger partial charge in [-0.15, -0.1) is 0 Å². The summed E-state index contributed by atoms with van der Waals surface area (Å²) >= 11 is 2.48. The maximum absolute atomic E-state index is 13.4. The standard InChI is InChI=1S/C23H28FN7S2.C4H8O/c1-30-8-2-15(3-9-30)17-10-16(33-29-23(13-24)6-7-23)12-31-18(17)11-28-20(31)19(26)32-21(27)22(14-25)4-5-22;1-4(2)3-5/h10-12,15,26-27,29H,2-9,13H2,1H3;3-4H,1-2H3. The molecule has 0 bridgehead atoms. The maximum Gasteiger partial charge on any atom is 0.169 e. The molecule has 5 rings (SSSR count). The number of pyridine rings is 1. The van der Waals surface area contributed by atoms with Crippen LogP contribution in [0.1, 0.15) is 69.7 Å². The second kappa shape index (κ2) is 11.9. The zero-order valence-corrected chi connectivity index (χ0v) is 23.9. The Morgan fingerprint density at radius 3 is 2.50 bits per heavy atom. The van der Waals surface area contributed by atoms with Crippen LogP contribution in [0.15, 0.2) is 23.4 Å². The van der Waals surface area contributed by atoms with Crippen molar-refractivity contribution in [2.45, 2.75) is 68.7 Å². The van der Waals surface area contributed by atoms with Gasteiger partial charge in [-0.3, -0.25) is 19.9 Å². The van der Waals surface area contributed by atoms with E-state index in [4.69, 9.17) is 10.8 Å². The highest BCUT2D eigenvalue weighted by molar-refractivity contribution is 8.26. The second-order valence-electron chi connectivity index (χ2n) is 11.0. The van der Waals surface area contributed by atoms with Crippen LogP contribution in [0.5, 0.6) is 0 Å². The zero-order chi connectivity index (χ0) is 27.5. The van der Waals surface area contributed by atoms with Crippen molar-refractivity contribution in [1.82, 2.24) is 19.0 Å². The predicted octanol–water partition coefficient (Wildman–Crippen LogP) is 5.42.